The minimum absolute atomic E-state index is 0.0446. The number of nitrogens with two attached hydrogens (primary N) is 1. The van der Waals surface area contributed by atoms with Crippen molar-refractivity contribution in [2.75, 3.05) is 19.3 Å². The highest BCUT2D eigenvalue weighted by molar-refractivity contribution is 7.98. The molecule has 120 valence electrons. The Morgan fingerprint density at radius 1 is 1.27 bits per heavy atom. The number of carbonyl (C=O) groups is 2. The van der Waals surface area contributed by atoms with Crippen LogP contribution in [-0.4, -0.2) is 42.2 Å². The van der Waals surface area contributed by atoms with E-state index in [1.165, 1.54) is 0 Å². The van der Waals surface area contributed by atoms with Crippen molar-refractivity contribution in [3.63, 3.8) is 0 Å². The minimum Gasteiger partial charge on any atom is -0.481 e. The molecule has 0 bridgehead atoms. The SMILES string of the molecule is CSc1ccc(OC(C)C(=O)N2CCC(C(N)=O)CC2)cc1. The van der Waals surface area contributed by atoms with Crippen molar-refractivity contribution < 1.29 is 14.3 Å². The molecule has 1 saturated heterocycles. The molecule has 0 aromatic heterocycles. The summed E-state index contributed by atoms with van der Waals surface area (Å²) in [4.78, 5) is 26.4. The van der Waals surface area contributed by atoms with E-state index in [1.54, 1.807) is 23.6 Å². The zero-order valence-corrected chi connectivity index (χ0v) is 13.8. The highest BCUT2D eigenvalue weighted by atomic mass is 32.2. The monoisotopic (exact) mass is 322 g/mol. The molecule has 1 aliphatic rings. The van der Waals surface area contributed by atoms with Gasteiger partial charge in [0.05, 0.1) is 0 Å². The Morgan fingerprint density at radius 2 is 1.86 bits per heavy atom. The van der Waals surface area contributed by atoms with Crippen LogP contribution in [0.5, 0.6) is 5.75 Å². The number of rotatable bonds is 5. The number of carbonyl (C=O) groups excluding carboxylic acids is 2. The van der Waals surface area contributed by atoms with Gasteiger partial charge in [-0.2, -0.15) is 0 Å². The lowest BCUT2D eigenvalue weighted by Gasteiger charge is -2.32. The number of hydrogen-bond acceptors (Lipinski definition) is 4. The van der Waals surface area contributed by atoms with Crippen molar-refractivity contribution in [1.82, 2.24) is 4.90 Å². The van der Waals surface area contributed by atoms with Gasteiger partial charge in [0, 0.05) is 23.9 Å². The molecule has 1 unspecified atom stereocenters. The highest BCUT2D eigenvalue weighted by Gasteiger charge is 2.28. The first kappa shape index (κ1) is 16.7. The van der Waals surface area contributed by atoms with E-state index in [1.807, 2.05) is 30.5 Å². The number of nitrogens with zero attached hydrogens (tertiary/aromatic N) is 1. The normalized spacial score (nSPS) is 17.1. The van der Waals surface area contributed by atoms with Gasteiger partial charge in [0.2, 0.25) is 5.91 Å². The Balaban J connectivity index is 1.88. The maximum absolute atomic E-state index is 12.4. The summed E-state index contributed by atoms with van der Waals surface area (Å²) >= 11 is 1.66. The lowest BCUT2D eigenvalue weighted by atomic mass is 9.96. The van der Waals surface area contributed by atoms with E-state index in [2.05, 4.69) is 0 Å². The van der Waals surface area contributed by atoms with Gasteiger partial charge in [-0.3, -0.25) is 9.59 Å². The maximum Gasteiger partial charge on any atom is 0.263 e. The predicted octanol–water partition coefficient (Wildman–Crippen LogP) is 1.90. The average molecular weight is 322 g/mol. The molecule has 1 aliphatic heterocycles. The van der Waals surface area contributed by atoms with Crippen LogP contribution in [-0.2, 0) is 9.59 Å². The number of benzene rings is 1. The van der Waals surface area contributed by atoms with Crippen LogP contribution < -0.4 is 10.5 Å². The molecule has 0 saturated carbocycles. The lowest BCUT2D eigenvalue weighted by molar-refractivity contribution is -0.140. The van der Waals surface area contributed by atoms with Gasteiger partial charge >= 0.3 is 0 Å². The molecular formula is C16H22N2O3S. The summed E-state index contributed by atoms with van der Waals surface area (Å²) in [5, 5.41) is 0. The summed E-state index contributed by atoms with van der Waals surface area (Å²) in [5.41, 5.74) is 5.31. The Kier molecular flexibility index (Phi) is 5.71. The Bertz CT molecular complexity index is 525. The van der Waals surface area contributed by atoms with Crippen molar-refractivity contribution >= 4 is 23.6 Å². The first-order valence-corrected chi connectivity index (χ1v) is 8.62. The Morgan fingerprint density at radius 3 is 2.36 bits per heavy atom. The number of likely N-dealkylation sites (tertiary alicyclic amines) is 1. The molecule has 0 spiro atoms. The number of primary amides is 1. The maximum atomic E-state index is 12.4. The molecule has 2 N–H and O–H groups in total. The molecule has 1 atom stereocenters. The number of ether oxygens (including phenoxy) is 1. The van der Waals surface area contributed by atoms with Crippen LogP contribution in [0.25, 0.3) is 0 Å². The summed E-state index contributed by atoms with van der Waals surface area (Å²) in [6.07, 6.45) is 2.75. The van der Waals surface area contributed by atoms with E-state index in [0.717, 1.165) is 4.90 Å². The number of piperidine rings is 1. The lowest BCUT2D eigenvalue weighted by Crippen LogP contribution is -2.46. The first-order valence-electron chi connectivity index (χ1n) is 7.40. The summed E-state index contributed by atoms with van der Waals surface area (Å²) < 4.78 is 5.71. The second kappa shape index (κ2) is 7.54. The molecule has 2 rings (SSSR count). The fourth-order valence-electron chi connectivity index (χ4n) is 2.55. The fourth-order valence-corrected chi connectivity index (χ4v) is 2.96. The van der Waals surface area contributed by atoms with E-state index >= 15 is 0 Å². The van der Waals surface area contributed by atoms with Crippen LogP contribution in [0.15, 0.2) is 29.2 Å². The average Bonchev–Trinajstić information content (AvgIpc) is 2.55. The van der Waals surface area contributed by atoms with Gasteiger partial charge in [-0.05, 0) is 50.3 Å². The fraction of sp³-hybridized carbons (Fsp3) is 0.500. The number of amides is 2. The number of hydrogen-bond donors (Lipinski definition) is 1. The zero-order chi connectivity index (χ0) is 16.1. The summed E-state index contributed by atoms with van der Waals surface area (Å²) in [5.74, 6) is 0.257. The molecule has 6 heteroatoms. The van der Waals surface area contributed by atoms with Crippen molar-refractivity contribution in [2.24, 2.45) is 11.7 Å². The molecule has 5 nitrogen and oxygen atoms in total. The van der Waals surface area contributed by atoms with Crippen LogP contribution in [0.1, 0.15) is 19.8 Å². The van der Waals surface area contributed by atoms with Crippen molar-refractivity contribution in [2.45, 2.75) is 30.8 Å². The molecule has 1 aromatic carbocycles. The Labute approximate surface area is 135 Å². The second-order valence-corrected chi connectivity index (χ2v) is 6.32. The van der Waals surface area contributed by atoms with Gasteiger partial charge in [0.1, 0.15) is 5.75 Å². The molecular weight excluding hydrogens is 300 g/mol. The van der Waals surface area contributed by atoms with Gasteiger partial charge in [-0.25, -0.2) is 0 Å². The third-order valence-corrected chi connectivity index (χ3v) is 4.67. The van der Waals surface area contributed by atoms with Gasteiger partial charge in [0.15, 0.2) is 6.10 Å². The standard InChI is InChI=1S/C16H22N2O3S/c1-11(21-13-3-5-14(22-2)6-4-13)16(20)18-9-7-12(8-10-18)15(17)19/h3-6,11-12H,7-10H2,1-2H3,(H2,17,19). The van der Waals surface area contributed by atoms with Crippen molar-refractivity contribution in [3.05, 3.63) is 24.3 Å². The van der Waals surface area contributed by atoms with E-state index in [9.17, 15) is 9.59 Å². The molecule has 0 aliphatic carbocycles. The van der Waals surface area contributed by atoms with Crippen molar-refractivity contribution in [3.8, 4) is 5.75 Å². The zero-order valence-electron chi connectivity index (χ0n) is 13.0. The third kappa shape index (κ3) is 4.16. The quantitative estimate of drug-likeness (QED) is 0.840. The van der Waals surface area contributed by atoms with Crippen LogP contribution in [0.3, 0.4) is 0 Å². The van der Waals surface area contributed by atoms with Gasteiger partial charge in [-0.1, -0.05) is 0 Å². The molecule has 1 fully saturated rings. The van der Waals surface area contributed by atoms with Gasteiger partial charge in [-0.15, -0.1) is 11.8 Å². The summed E-state index contributed by atoms with van der Waals surface area (Å²) in [7, 11) is 0. The summed E-state index contributed by atoms with van der Waals surface area (Å²) in [6.45, 7) is 2.88. The van der Waals surface area contributed by atoms with E-state index in [0.29, 0.717) is 31.7 Å². The first-order chi connectivity index (χ1) is 10.5. The molecule has 1 aromatic rings. The van der Waals surface area contributed by atoms with Gasteiger partial charge < -0.3 is 15.4 Å². The van der Waals surface area contributed by atoms with Crippen LogP contribution in [0.4, 0.5) is 0 Å². The Hall–Kier alpha value is -1.69. The van der Waals surface area contributed by atoms with E-state index in [4.69, 9.17) is 10.5 Å². The molecule has 2 amide bonds. The number of thioether (sulfide) groups is 1. The largest absolute Gasteiger partial charge is 0.481 e. The molecule has 0 radical (unpaired) electrons. The van der Waals surface area contributed by atoms with E-state index in [-0.39, 0.29) is 17.7 Å². The minimum atomic E-state index is -0.537. The third-order valence-electron chi connectivity index (χ3n) is 3.93. The van der Waals surface area contributed by atoms with Gasteiger partial charge in [0.25, 0.3) is 5.91 Å². The van der Waals surface area contributed by atoms with Crippen LogP contribution >= 0.6 is 11.8 Å². The van der Waals surface area contributed by atoms with Crippen molar-refractivity contribution in [1.29, 1.82) is 0 Å². The smallest absolute Gasteiger partial charge is 0.263 e. The van der Waals surface area contributed by atoms with Crippen LogP contribution in [0, 0.1) is 5.92 Å². The highest BCUT2D eigenvalue weighted by Crippen LogP contribution is 2.21. The van der Waals surface area contributed by atoms with E-state index < -0.39 is 6.10 Å². The predicted molar refractivity (Wildman–Crippen MR) is 86.8 cm³/mol. The summed E-state index contributed by atoms with van der Waals surface area (Å²) in [6, 6.07) is 7.68. The molecule has 1 heterocycles. The van der Waals surface area contributed by atoms with Crippen LogP contribution in [0.2, 0.25) is 0 Å². The molecule has 22 heavy (non-hydrogen) atoms. The second-order valence-electron chi connectivity index (χ2n) is 5.44. The topological polar surface area (TPSA) is 72.6 Å².